The van der Waals surface area contributed by atoms with Crippen LogP contribution in [0.2, 0.25) is 0 Å². The van der Waals surface area contributed by atoms with Gasteiger partial charge in [0.1, 0.15) is 0 Å². The highest BCUT2D eigenvalue weighted by Crippen LogP contribution is 2.54. The molecule has 0 amide bonds. The van der Waals surface area contributed by atoms with Crippen LogP contribution in [-0.4, -0.2) is 48.8 Å². The van der Waals surface area contributed by atoms with Crippen molar-refractivity contribution in [3.05, 3.63) is 98.2 Å². The number of nitrogens with one attached hydrogen (secondary N) is 6. The summed E-state index contributed by atoms with van der Waals surface area (Å²) in [7, 11) is 0. The first kappa shape index (κ1) is 30.3. The van der Waals surface area contributed by atoms with Crippen molar-refractivity contribution in [1.29, 1.82) is 0 Å². The van der Waals surface area contributed by atoms with Gasteiger partial charge in [0.25, 0.3) is 0 Å². The van der Waals surface area contributed by atoms with E-state index in [4.69, 9.17) is 0 Å². The highest BCUT2D eigenvalue weighted by atomic mass is 15.3. The van der Waals surface area contributed by atoms with Gasteiger partial charge in [-0.05, 0) is 49.0 Å². The fourth-order valence-corrected chi connectivity index (χ4v) is 10.8. The summed E-state index contributed by atoms with van der Waals surface area (Å²) in [6, 6.07) is 1.34. The van der Waals surface area contributed by atoms with Crippen molar-refractivity contribution in [3.63, 3.8) is 0 Å². The quantitative estimate of drug-likeness (QED) is 0.191. The summed E-state index contributed by atoms with van der Waals surface area (Å²) in [5.74, 6) is 3.59. The Bertz CT molecular complexity index is 1260. The van der Waals surface area contributed by atoms with Crippen molar-refractivity contribution < 1.29 is 0 Å². The summed E-state index contributed by atoms with van der Waals surface area (Å²) in [4.78, 5) is 0. The molecule has 16 atom stereocenters. The molecule has 0 radical (unpaired) electrons. The Morgan fingerprint density at radius 2 is 1.18 bits per heavy atom. The second-order valence-electron chi connectivity index (χ2n) is 14.5. The lowest BCUT2D eigenvalue weighted by Crippen LogP contribution is -2.59. The van der Waals surface area contributed by atoms with Gasteiger partial charge in [-0.2, -0.15) is 0 Å². The number of allylic oxidation sites excluding steroid dienone is 6. The van der Waals surface area contributed by atoms with E-state index in [2.05, 4.69) is 115 Å². The van der Waals surface area contributed by atoms with Crippen LogP contribution in [0.1, 0.15) is 39.5 Å². The van der Waals surface area contributed by atoms with Crippen LogP contribution in [0.5, 0.6) is 0 Å². The van der Waals surface area contributed by atoms with Gasteiger partial charge in [0.15, 0.2) is 0 Å². The van der Waals surface area contributed by atoms with Gasteiger partial charge in [-0.3, -0.25) is 31.9 Å². The van der Waals surface area contributed by atoms with Crippen LogP contribution in [0.25, 0.3) is 0 Å². The van der Waals surface area contributed by atoms with E-state index in [1.165, 1.54) is 36.8 Å². The zero-order valence-electron chi connectivity index (χ0n) is 26.7. The Morgan fingerprint density at radius 3 is 1.82 bits per heavy atom. The third-order valence-corrected chi connectivity index (χ3v) is 12.6. The summed E-state index contributed by atoms with van der Waals surface area (Å²) >= 11 is 0. The van der Waals surface area contributed by atoms with Crippen LogP contribution >= 0.6 is 0 Å². The highest BCUT2D eigenvalue weighted by molar-refractivity contribution is 5.43. The number of rotatable bonds is 7. The van der Waals surface area contributed by atoms with Gasteiger partial charge < -0.3 is 0 Å². The lowest BCUT2D eigenvalue weighted by atomic mass is 9.75. The van der Waals surface area contributed by atoms with E-state index in [0.29, 0.717) is 47.6 Å². The SMILES string of the molecule is C=C/C=C\C1=C(C)C2NC3NC(NC4C5CCCCC5C5NC6NC(NC1C2C45)C(C)C6/C=C\C=C)C(C=C)C3/C=C\C=C. The average molecular weight is 595 g/mol. The van der Waals surface area contributed by atoms with Crippen molar-refractivity contribution in [1.82, 2.24) is 31.9 Å². The molecule has 4 heterocycles. The third kappa shape index (κ3) is 4.85. The van der Waals surface area contributed by atoms with E-state index in [-0.39, 0.29) is 48.6 Å². The van der Waals surface area contributed by atoms with Gasteiger partial charge in [0, 0.05) is 47.8 Å². The third-order valence-electron chi connectivity index (χ3n) is 12.6. The molecule has 6 heteroatoms. The summed E-state index contributed by atoms with van der Waals surface area (Å²) in [6.45, 7) is 21.1. The molecule has 0 aromatic carbocycles. The standard InChI is InChI=1S/C38H54N6/c1-7-11-16-24-21(5)31-29-30-33(41-36-23(10-4)28(18-13-9-3)38(39-31)44-36)26-19-14-15-20-27(26)34(30)42-37-25(17-12-8-2)22(6)35(43-37)40-32(24)29/h7-13,16-18,22-23,25-44H,1-4,14-15,19-20H2,5-6H3/b16-11-,17-12-,18-13-. The predicted octanol–water partition coefficient (Wildman–Crippen LogP) is 4.64. The molecule has 16 unspecified atom stereocenters. The minimum Gasteiger partial charge on any atom is -0.298 e. The zero-order chi connectivity index (χ0) is 30.5. The maximum atomic E-state index is 4.36. The second-order valence-corrected chi connectivity index (χ2v) is 14.5. The van der Waals surface area contributed by atoms with Crippen LogP contribution in [0, 0.1) is 47.3 Å². The molecular formula is C38H54N6. The lowest BCUT2D eigenvalue weighted by Gasteiger charge is -2.43. The molecule has 6 nitrogen and oxygen atoms in total. The smallest absolute Gasteiger partial charge is 0.0660 e. The monoisotopic (exact) mass is 594 g/mol. The van der Waals surface area contributed by atoms with Crippen molar-refractivity contribution >= 4 is 0 Å². The van der Waals surface area contributed by atoms with Gasteiger partial charge in [-0.15, -0.1) is 6.58 Å². The fourth-order valence-electron chi connectivity index (χ4n) is 10.8. The molecular weight excluding hydrogens is 540 g/mol. The molecule has 6 fully saturated rings. The summed E-state index contributed by atoms with van der Waals surface area (Å²) < 4.78 is 0. The Balaban J connectivity index is 1.39. The summed E-state index contributed by atoms with van der Waals surface area (Å²) in [5.41, 5.74) is 2.88. The first-order chi connectivity index (χ1) is 21.5. The van der Waals surface area contributed by atoms with Gasteiger partial charge >= 0.3 is 0 Å². The molecule has 236 valence electrons. The van der Waals surface area contributed by atoms with E-state index < -0.39 is 0 Å². The van der Waals surface area contributed by atoms with Crippen molar-refractivity contribution in [2.75, 3.05) is 0 Å². The molecule has 3 aliphatic carbocycles. The summed E-state index contributed by atoms with van der Waals surface area (Å²) in [5, 5.41) is 25.3. The molecule has 0 aromatic heterocycles. The molecule has 6 N–H and O–H groups in total. The zero-order valence-corrected chi connectivity index (χ0v) is 26.7. The highest BCUT2D eigenvalue weighted by Gasteiger charge is 2.62. The number of hydrogen-bond acceptors (Lipinski definition) is 6. The largest absolute Gasteiger partial charge is 0.298 e. The Morgan fingerprint density at radius 1 is 0.614 bits per heavy atom. The van der Waals surface area contributed by atoms with Crippen molar-refractivity contribution in [2.24, 2.45) is 47.3 Å². The first-order valence-electron chi connectivity index (χ1n) is 17.3. The Labute approximate surface area is 265 Å². The molecule has 44 heavy (non-hydrogen) atoms. The number of fused-ring (bicyclic) bond motifs is 7. The number of hydrogen-bond donors (Lipinski definition) is 6. The molecule has 4 aliphatic heterocycles. The van der Waals surface area contributed by atoms with Crippen LogP contribution in [0.15, 0.2) is 98.2 Å². The minimum absolute atomic E-state index is 0.136. The topological polar surface area (TPSA) is 72.2 Å². The van der Waals surface area contributed by atoms with Crippen LogP contribution in [0.4, 0.5) is 0 Å². The molecule has 2 saturated carbocycles. The van der Waals surface area contributed by atoms with Crippen molar-refractivity contribution in [3.8, 4) is 0 Å². The molecule has 0 aromatic rings. The van der Waals surface area contributed by atoms with Crippen LogP contribution < -0.4 is 31.9 Å². The van der Waals surface area contributed by atoms with E-state index in [0.717, 1.165) is 0 Å². The van der Waals surface area contributed by atoms with Gasteiger partial charge in [-0.25, -0.2) is 0 Å². The van der Waals surface area contributed by atoms with Gasteiger partial charge in [0.2, 0.25) is 0 Å². The average Bonchev–Trinajstić information content (AvgIpc) is 3.71. The lowest BCUT2D eigenvalue weighted by molar-refractivity contribution is 0.143. The predicted molar refractivity (Wildman–Crippen MR) is 182 cm³/mol. The van der Waals surface area contributed by atoms with Gasteiger partial charge in [-0.1, -0.05) is 106 Å². The van der Waals surface area contributed by atoms with Gasteiger partial charge in [0.05, 0.1) is 24.7 Å². The van der Waals surface area contributed by atoms with E-state index in [9.17, 15) is 0 Å². The Hall–Kier alpha value is -2.32. The first-order valence-corrected chi connectivity index (χ1v) is 17.3. The maximum Gasteiger partial charge on any atom is 0.0660 e. The fraction of sp³-hybridized carbons (Fsp3) is 0.579. The normalized spacial score (nSPS) is 49.6. The maximum absolute atomic E-state index is 4.36. The van der Waals surface area contributed by atoms with E-state index >= 15 is 0 Å². The molecule has 4 saturated heterocycles. The van der Waals surface area contributed by atoms with Crippen LogP contribution in [0.3, 0.4) is 0 Å². The molecule has 4 bridgehead atoms. The van der Waals surface area contributed by atoms with Crippen molar-refractivity contribution in [2.45, 2.75) is 88.4 Å². The summed E-state index contributed by atoms with van der Waals surface area (Å²) in [6.07, 6.45) is 27.4. The molecule has 0 spiro atoms. The van der Waals surface area contributed by atoms with E-state index in [1.807, 2.05) is 18.2 Å². The second kappa shape index (κ2) is 12.5. The minimum atomic E-state index is 0.136. The molecule has 7 rings (SSSR count). The Kier molecular flexibility index (Phi) is 8.60. The van der Waals surface area contributed by atoms with E-state index in [1.54, 1.807) is 0 Å². The molecule has 7 aliphatic rings. The van der Waals surface area contributed by atoms with Crippen LogP contribution in [-0.2, 0) is 0 Å².